The lowest BCUT2D eigenvalue weighted by atomic mass is 10.0. The molecule has 1 heterocycles. The smallest absolute Gasteiger partial charge is 0.0464 e. The van der Waals surface area contributed by atoms with Crippen LogP contribution in [0.1, 0.15) is 23.6 Å². The van der Waals surface area contributed by atoms with E-state index in [9.17, 15) is 0 Å². The van der Waals surface area contributed by atoms with Crippen LogP contribution in [-0.2, 0) is 6.54 Å². The van der Waals surface area contributed by atoms with E-state index in [0.29, 0.717) is 0 Å². The Balaban J connectivity index is 1.86. The maximum atomic E-state index is 6.24. The fourth-order valence-electron chi connectivity index (χ4n) is 2.09. The first-order chi connectivity index (χ1) is 9.56. The molecule has 0 aliphatic carbocycles. The third-order valence-electron chi connectivity index (χ3n) is 3.22. The van der Waals surface area contributed by atoms with Gasteiger partial charge < -0.3 is 10.6 Å². The summed E-state index contributed by atoms with van der Waals surface area (Å²) in [5.74, 6) is 0. The normalized spacial score (nSPS) is 12.8. The number of halogens is 2. The number of rotatable bonds is 6. The lowest BCUT2D eigenvalue weighted by Crippen LogP contribution is -2.23. The molecule has 2 N–H and O–H groups in total. The summed E-state index contributed by atoms with van der Waals surface area (Å²) >= 11 is 11.4. The van der Waals surface area contributed by atoms with Gasteiger partial charge in [-0.15, -0.1) is 0 Å². The average molecular weight is 374 g/mol. The molecule has 0 saturated carbocycles. The Labute approximate surface area is 137 Å². The monoisotopic (exact) mass is 372 g/mol. The maximum Gasteiger partial charge on any atom is 0.0464 e. The van der Waals surface area contributed by atoms with Crippen molar-refractivity contribution < 1.29 is 0 Å². The van der Waals surface area contributed by atoms with E-state index < -0.39 is 0 Å². The number of benzene rings is 1. The number of nitrogens with zero attached hydrogens (tertiary/aromatic N) is 1. The largest absolute Gasteiger partial charge is 0.324 e. The Hall–Kier alpha value is -0.390. The van der Waals surface area contributed by atoms with E-state index in [2.05, 4.69) is 44.7 Å². The first-order valence-corrected chi connectivity index (χ1v) is 8.58. The predicted octanol–water partition coefficient (Wildman–Crippen LogP) is 4.69. The second-order valence-corrected chi connectivity index (χ2v) is 7.03. The first-order valence-electron chi connectivity index (χ1n) is 6.46. The minimum atomic E-state index is -0.0273. The van der Waals surface area contributed by atoms with Crippen molar-refractivity contribution in [3.63, 3.8) is 0 Å². The van der Waals surface area contributed by atoms with Crippen LogP contribution in [0.15, 0.2) is 39.5 Å². The third-order valence-corrected chi connectivity index (χ3v) is 4.77. The van der Waals surface area contributed by atoms with Gasteiger partial charge in [0.15, 0.2) is 0 Å². The molecule has 1 unspecified atom stereocenters. The minimum absolute atomic E-state index is 0.0273. The molecule has 0 spiro atoms. The summed E-state index contributed by atoms with van der Waals surface area (Å²) in [4.78, 5) is 2.29. The molecule has 2 nitrogen and oxygen atoms in total. The molecular formula is C15H18BrClN2S. The van der Waals surface area contributed by atoms with Crippen LogP contribution in [0.4, 0.5) is 0 Å². The first kappa shape index (κ1) is 16.0. The van der Waals surface area contributed by atoms with Gasteiger partial charge >= 0.3 is 0 Å². The Morgan fingerprint density at radius 2 is 2.20 bits per heavy atom. The summed E-state index contributed by atoms with van der Waals surface area (Å²) in [5.41, 5.74) is 8.61. The van der Waals surface area contributed by atoms with Crippen molar-refractivity contribution in [3.8, 4) is 0 Å². The molecule has 1 aromatic carbocycles. The molecule has 5 heteroatoms. The molecule has 0 fully saturated rings. The lowest BCUT2D eigenvalue weighted by Gasteiger charge is -2.20. The zero-order valence-electron chi connectivity index (χ0n) is 11.4. The highest BCUT2D eigenvalue weighted by Crippen LogP contribution is 2.27. The molecule has 0 aliphatic rings. The zero-order valence-corrected chi connectivity index (χ0v) is 14.5. The van der Waals surface area contributed by atoms with Gasteiger partial charge in [-0.2, -0.15) is 11.3 Å². The van der Waals surface area contributed by atoms with Crippen molar-refractivity contribution in [3.05, 3.63) is 55.6 Å². The van der Waals surface area contributed by atoms with Crippen molar-refractivity contribution in [2.75, 3.05) is 13.6 Å². The zero-order chi connectivity index (χ0) is 14.5. The summed E-state index contributed by atoms with van der Waals surface area (Å²) in [5, 5.41) is 5.02. The number of hydrogen-bond donors (Lipinski definition) is 1. The molecule has 1 aromatic heterocycles. The van der Waals surface area contributed by atoms with Crippen molar-refractivity contribution in [2.24, 2.45) is 5.73 Å². The van der Waals surface area contributed by atoms with E-state index in [4.69, 9.17) is 17.3 Å². The standard InChI is InChI=1S/C15H18BrClN2S/c1-19(9-11-5-7-20-10-11)6-4-15(18)13-3-2-12(16)8-14(13)17/h2-3,5,7-8,10,15H,4,6,9,18H2,1H3. The van der Waals surface area contributed by atoms with Crippen LogP contribution in [0.25, 0.3) is 0 Å². The Morgan fingerprint density at radius 3 is 2.85 bits per heavy atom. The van der Waals surface area contributed by atoms with Gasteiger partial charge in [0.05, 0.1) is 0 Å². The second-order valence-electron chi connectivity index (χ2n) is 4.93. The van der Waals surface area contributed by atoms with Gasteiger partial charge in [0.2, 0.25) is 0 Å². The summed E-state index contributed by atoms with van der Waals surface area (Å²) < 4.78 is 0.980. The van der Waals surface area contributed by atoms with Crippen LogP contribution in [0.5, 0.6) is 0 Å². The van der Waals surface area contributed by atoms with E-state index in [1.165, 1.54) is 5.56 Å². The summed E-state index contributed by atoms with van der Waals surface area (Å²) in [6.07, 6.45) is 0.891. The SMILES string of the molecule is CN(CCC(N)c1ccc(Br)cc1Cl)Cc1ccsc1. The molecule has 0 radical (unpaired) electrons. The Morgan fingerprint density at radius 1 is 1.40 bits per heavy atom. The highest BCUT2D eigenvalue weighted by atomic mass is 79.9. The minimum Gasteiger partial charge on any atom is -0.324 e. The van der Waals surface area contributed by atoms with E-state index in [1.54, 1.807) is 11.3 Å². The second kappa shape index (κ2) is 7.57. The van der Waals surface area contributed by atoms with Gasteiger partial charge in [-0.1, -0.05) is 33.6 Å². The number of nitrogens with two attached hydrogens (primary N) is 1. The van der Waals surface area contributed by atoms with Crippen LogP contribution >= 0.6 is 38.9 Å². The Bertz CT molecular complexity index is 545. The van der Waals surface area contributed by atoms with E-state index in [0.717, 1.165) is 34.6 Å². The maximum absolute atomic E-state index is 6.24. The Kier molecular flexibility index (Phi) is 6.05. The molecule has 20 heavy (non-hydrogen) atoms. The van der Waals surface area contributed by atoms with Gasteiger partial charge in [-0.05, 0) is 60.1 Å². The quantitative estimate of drug-likeness (QED) is 0.796. The lowest BCUT2D eigenvalue weighted by molar-refractivity contribution is 0.312. The molecule has 108 valence electrons. The molecule has 0 amide bonds. The topological polar surface area (TPSA) is 29.3 Å². The summed E-state index contributed by atoms with van der Waals surface area (Å²) in [6.45, 7) is 1.91. The van der Waals surface area contributed by atoms with Crippen LogP contribution in [0, 0.1) is 0 Å². The van der Waals surface area contributed by atoms with Crippen molar-refractivity contribution in [1.82, 2.24) is 4.90 Å². The molecule has 1 atom stereocenters. The average Bonchev–Trinajstić information content (AvgIpc) is 2.89. The van der Waals surface area contributed by atoms with E-state index >= 15 is 0 Å². The van der Waals surface area contributed by atoms with E-state index in [-0.39, 0.29) is 6.04 Å². The van der Waals surface area contributed by atoms with Crippen molar-refractivity contribution in [2.45, 2.75) is 19.0 Å². The van der Waals surface area contributed by atoms with Gasteiger partial charge in [0, 0.05) is 22.1 Å². The predicted molar refractivity (Wildman–Crippen MR) is 91.4 cm³/mol. The molecule has 0 saturated heterocycles. The summed E-state index contributed by atoms with van der Waals surface area (Å²) in [7, 11) is 2.12. The number of thiophene rings is 1. The fraction of sp³-hybridized carbons (Fsp3) is 0.333. The van der Waals surface area contributed by atoms with Crippen molar-refractivity contribution >= 4 is 38.9 Å². The molecule has 2 aromatic rings. The highest BCUT2D eigenvalue weighted by molar-refractivity contribution is 9.10. The molecule has 0 bridgehead atoms. The van der Waals surface area contributed by atoms with Gasteiger partial charge in [0.25, 0.3) is 0 Å². The van der Waals surface area contributed by atoms with Gasteiger partial charge in [-0.3, -0.25) is 0 Å². The highest BCUT2D eigenvalue weighted by Gasteiger charge is 2.11. The fourth-order valence-corrected chi connectivity index (χ4v) is 3.56. The molecule has 0 aliphatic heterocycles. The van der Waals surface area contributed by atoms with Crippen LogP contribution < -0.4 is 5.73 Å². The van der Waals surface area contributed by atoms with Crippen LogP contribution in [0.3, 0.4) is 0 Å². The summed E-state index contributed by atoms with van der Waals surface area (Å²) in [6, 6.07) is 8.01. The molecular weight excluding hydrogens is 356 g/mol. The van der Waals surface area contributed by atoms with Crippen molar-refractivity contribution in [1.29, 1.82) is 0 Å². The van der Waals surface area contributed by atoms with Crippen LogP contribution in [0.2, 0.25) is 5.02 Å². The van der Waals surface area contributed by atoms with Gasteiger partial charge in [-0.25, -0.2) is 0 Å². The number of hydrogen-bond acceptors (Lipinski definition) is 3. The van der Waals surface area contributed by atoms with E-state index in [1.807, 2.05) is 18.2 Å². The van der Waals surface area contributed by atoms with Gasteiger partial charge in [0.1, 0.15) is 0 Å². The third kappa shape index (κ3) is 4.57. The molecule has 2 rings (SSSR count). The van der Waals surface area contributed by atoms with Crippen LogP contribution in [-0.4, -0.2) is 18.5 Å².